The molecule has 6 heteroatoms. The number of piperidine rings is 1. The monoisotopic (exact) mass is 287 g/mol. The van der Waals surface area contributed by atoms with Gasteiger partial charge in [0.15, 0.2) is 5.84 Å². The van der Waals surface area contributed by atoms with Crippen molar-refractivity contribution in [2.45, 2.75) is 25.3 Å². The highest BCUT2D eigenvalue weighted by molar-refractivity contribution is 6.07. The number of nitrogens with two attached hydrogens (primary N) is 1. The molecule has 2 aromatic rings. The Hall–Kier alpha value is -2.50. The van der Waals surface area contributed by atoms with Gasteiger partial charge in [0.1, 0.15) is 11.8 Å². The molecule has 1 aromatic carbocycles. The first-order valence-corrected chi connectivity index (χ1v) is 6.97. The first-order chi connectivity index (χ1) is 10.2. The number of benzene rings is 1. The minimum atomic E-state index is -0.357. The topological polar surface area (TPSA) is 92.1 Å². The van der Waals surface area contributed by atoms with Crippen molar-refractivity contribution < 1.29 is 14.4 Å². The van der Waals surface area contributed by atoms with Gasteiger partial charge in [0.2, 0.25) is 0 Å². The standard InChI is InChI=1S/C15H17N3O3/c16-14(17-20)12-6-3-4-8-18(12)15(19)11-9-21-13-7-2-1-5-10(11)13/h1-2,5,7,9,12,20H,3-4,6,8H2,(H2,16,17). The Morgan fingerprint density at radius 1 is 1.38 bits per heavy atom. The first-order valence-electron chi connectivity index (χ1n) is 6.97. The molecule has 0 radical (unpaired) electrons. The number of hydrogen-bond donors (Lipinski definition) is 2. The van der Waals surface area contributed by atoms with Crippen LogP contribution in [-0.4, -0.2) is 34.4 Å². The van der Waals surface area contributed by atoms with Crippen LogP contribution in [0.4, 0.5) is 0 Å². The van der Waals surface area contributed by atoms with Gasteiger partial charge in [-0.1, -0.05) is 23.4 Å². The van der Waals surface area contributed by atoms with Gasteiger partial charge in [-0.25, -0.2) is 0 Å². The number of likely N-dealkylation sites (tertiary alicyclic amines) is 1. The van der Waals surface area contributed by atoms with E-state index in [9.17, 15) is 4.79 Å². The van der Waals surface area contributed by atoms with Crippen LogP contribution < -0.4 is 5.73 Å². The lowest BCUT2D eigenvalue weighted by Crippen LogP contribution is -2.50. The Balaban J connectivity index is 1.96. The number of carbonyl (C=O) groups excluding carboxylic acids is 1. The zero-order valence-corrected chi connectivity index (χ0v) is 11.5. The van der Waals surface area contributed by atoms with E-state index in [0.717, 1.165) is 18.2 Å². The minimum Gasteiger partial charge on any atom is -0.463 e. The molecule has 21 heavy (non-hydrogen) atoms. The second-order valence-corrected chi connectivity index (χ2v) is 5.18. The predicted molar refractivity (Wildman–Crippen MR) is 78.3 cm³/mol. The van der Waals surface area contributed by atoms with Gasteiger partial charge in [-0.05, 0) is 25.3 Å². The lowest BCUT2D eigenvalue weighted by atomic mass is 10.00. The van der Waals surface area contributed by atoms with Crippen LogP contribution in [0.2, 0.25) is 0 Å². The van der Waals surface area contributed by atoms with Crippen molar-refractivity contribution in [3.05, 3.63) is 36.1 Å². The Labute approximate surface area is 121 Å². The summed E-state index contributed by atoms with van der Waals surface area (Å²) >= 11 is 0. The third kappa shape index (κ3) is 2.33. The highest BCUT2D eigenvalue weighted by atomic mass is 16.4. The maximum atomic E-state index is 12.8. The molecule has 1 aromatic heterocycles. The zero-order chi connectivity index (χ0) is 14.8. The van der Waals surface area contributed by atoms with E-state index in [0.29, 0.717) is 24.1 Å². The van der Waals surface area contributed by atoms with Crippen molar-refractivity contribution >= 4 is 22.7 Å². The molecule has 3 N–H and O–H groups in total. The van der Waals surface area contributed by atoms with E-state index in [1.165, 1.54) is 6.26 Å². The van der Waals surface area contributed by atoms with E-state index >= 15 is 0 Å². The summed E-state index contributed by atoms with van der Waals surface area (Å²) in [6, 6.07) is 7.05. The molecule has 3 rings (SSSR count). The van der Waals surface area contributed by atoms with Gasteiger partial charge < -0.3 is 20.3 Å². The molecule has 1 amide bonds. The van der Waals surface area contributed by atoms with Crippen LogP contribution in [0.15, 0.2) is 40.1 Å². The molecule has 1 fully saturated rings. The molecule has 2 heterocycles. The molecule has 0 aliphatic carbocycles. The Morgan fingerprint density at radius 2 is 2.19 bits per heavy atom. The number of nitrogens with zero attached hydrogens (tertiary/aromatic N) is 2. The average molecular weight is 287 g/mol. The summed E-state index contributed by atoms with van der Waals surface area (Å²) < 4.78 is 5.42. The number of furan rings is 1. The van der Waals surface area contributed by atoms with Crippen molar-refractivity contribution in [3.8, 4) is 0 Å². The van der Waals surface area contributed by atoms with Crippen LogP contribution in [0.25, 0.3) is 11.0 Å². The van der Waals surface area contributed by atoms with Crippen molar-refractivity contribution in [1.82, 2.24) is 4.90 Å². The number of carbonyl (C=O) groups is 1. The Kier molecular flexibility index (Phi) is 3.51. The molecule has 1 aliphatic rings. The number of para-hydroxylation sites is 1. The summed E-state index contributed by atoms with van der Waals surface area (Å²) in [5.74, 6) is -0.0629. The molecule has 110 valence electrons. The van der Waals surface area contributed by atoms with E-state index in [-0.39, 0.29) is 17.8 Å². The normalized spacial score (nSPS) is 19.9. The number of amides is 1. The third-order valence-electron chi connectivity index (χ3n) is 3.93. The first kappa shape index (κ1) is 13.5. The molecule has 0 bridgehead atoms. The molecule has 6 nitrogen and oxygen atoms in total. The fraction of sp³-hybridized carbons (Fsp3) is 0.333. The summed E-state index contributed by atoms with van der Waals surface area (Å²) in [5, 5.41) is 12.7. The predicted octanol–water partition coefficient (Wildman–Crippen LogP) is 2.17. The molecule has 0 spiro atoms. The van der Waals surface area contributed by atoms with E-state index in [4.69, 9.17) is 15.4 Å². The van der Waals surface area contributed by atoms with Crippen LogP contribution in [0, 0.1) is 0 Å². The van der Waals surface area contributed by atoms with Crippen LogP contribution in [0.1, 0.15) is 29.6 Å². The summed E-state index contributed by atoms with van der Waals surface area (Å²) in [5.41, 5.74) is 6.92. The largest absolute Gasteiger partial charge is 0.463 e. The van der Waals surface area contributed by atoms with Gasteiger partial charge in [0, 0.05) is 11.9 Å². The highest BCUT2D eigenvalue weighted by Gasteiger charge is 2.31. The summed E-state index contributed by atoms with van der Waals surface area (Å²) in [6.07, 6.45) is 4.05. The molecule has 1 saturated heterocycles. The van der Waals surface area contributed by atoms with Crippen LogP contribution >= 0.6 is 0 Å². The zero-order valence-electron chi connectivity index (χ0n) is 11.5. The highest BCUT2D eigenvalue weighted by Crippen LogP contribution is 2.25. The number of fused-ring (bicyclic) bond motifs is 1. The summed E-state index contributed by atoms with van der Waals surface area (Å²) in [7, 11) is 0. The molecule has 1 aliphatic heterocycles. The Bertz CT molecular complexity index is 692. The third-order valence-corrected chi connectivity index (χ3v) is 3.93. The second kappa shape index (κ2) is 5.47. The van der Waals surface area contributed by atoms with Crippen LogP contribution in [0.3, 0.4) is 0 Å². The van der Waals surface area contributed by atoms with Crippen molar-refractivity contribution in [3.63, 3.8) is 0 Å². The number of amidine groups is 1. The van der Waals surface area contributed by atoms with Gasteiger partial charge in [0.25, 0.3) is 5.91 Å². The quantitative estimate of drug-likeness (QED) is 0.383. The van der Waals surface area contributed by atoms with E-state index in [1.54, 1.807) is 4.90 Å². The second-order valence-electron chi connectivity index (χ2n) is 5.18. The molecule has 0 saturated carbocycles. The van der Waals surface area contributed by atoms with Gasteiger partial charge >= 0.3 is 0 Å². The van der Waals surface area contributed by atoms with Gasteiger partial charge in [0.05, 0.1) is 11.6 Å². The minimum absolute atomic E-state index is 0.0795. The average Bonchev–Trinajstić information content (AvgIpc) is 2.97. The van der Waals surface area contributed by atoms with Gasteiger partial charge in [-0.3, -0.25) is 4.79 Å². The summed E-state index contributed by atoms with van der Waals surface area (Å²) in [6.45, 7) is 0.596. The lowest BCUT2D eigenvalue weighted by molar-refractivity contribution is 0.0677. The number of oxime groups is 1. The molecular weight excluding hydrogens is 270 g/mol. The lowest BCUT2D eigenvalue weighted by Gasteiger charge is -2.34. The molecule has 1 unspecified atom stereocenters. The molecule has 1 atom stereocenters. The van der Waals surface area contributed by atoms with Crippen LogP contribution in [-0.2, 0) is 0 Å². The van der Waals surface area contributed by atoms with Gasteiger partial charge in [-0.15, -0.1) is 0 Å². The maximum Gasteiger partial charge on any atom is 0.258 e. The van der Waals surface area contributed by atoms with Crippen LogP contribution in [0.5, 0.6) is 0 Å². The molecular formula is C15H17N3O3. The Morgan fingerprint density at radius 3 is 3.00 bits per heavy atom. The fourth-order valence-electron chi connectivity index (χ4n) is 2.85. The van der Waals surface area contributed by atoms with E-state index in [1.807, 2.05) is 24.3 Å². The van der Waals surface area contributed by atoms with Gasteiger partial charge in [-0.2, -0.15) is 0 Å². The van der Waals surface area contributed by atoms with E-state index < -0.39 is 0 Å². The van der Waals surface area contributed by atoms with Crippen molar-refractivity contribution in [2.75, 3.05) is 6.54 Å². The summed E-state index contributed by atoms with van der Waals surface area (Å²) in [4.78, 5) is 14.4. The SMILES string of the molecule is NC(=NO)C1CCCCN1C(=O)c1coc2ccccc12. The number of hydrogen-bond acceptors (Lipinski definition) is 4. The smallest absolute Gasteiger partial charge is 0.258 e. The van der Waals surface area contributed by atoms with Crippen molar-refractivity contribution in [2.24, 2.45) is 10.9 Å². The van der Waals surface area contributed by atoms with E-state index in [2.05, 4.69) is 5.16 Å². The maximum absolute atomic E-state index is 12.8. The van der Waals surface area contributed by atoms with Crippen molar-refractivity contribution in [1.29, 1.82) is 0 Å². The fourth-order valence-corrected chi connectivity index (χ4v) is 2.85. The number of rotatable bonds is 2.